The number of rotatable bonds is 5. The van der Waals surface area contributed by atoms with Crippen LogP contribution in [0.2, 0.25) is 0 Å². The Morgan fingerprint density at radius 1 is 1.44 bits per heavy atom. The molecule has 2 aromatic rings. The molecule has 0 spiro atoms. The first-order chi connectivity index (χ1) is 7.74. The normalized spacial score (nSPS) is 11.2. The molecule has 2 aromatic heterocycles. The van der Waals surface area contributed by atoms with Crippen molar-refractivity contribution in [2.75, 3.05) is 0 Å². The van der Waals surface area contributed by atoms with Crippen LogP contribution in [0, 0.1) is 0 Å². The molecule has 0 bridgehead atoms. The Hall–Kier alpha value is -1.69. The molecule has 0 amide bonds. The molecular formula is C10H15N5O. The van der Waals surface area contributed by atoms with E-state index >= 15 is 0 Å². The number of hydrogen-bond donors (Lipinski definition) is 1. The fourth-order valence-electron chi connectivity index (χ4n) is 1.32. The van der Waals surface area contributed by atoms with Crippen LogP contribution in [0.25, 0.3) is 0 Å². The van der Waals surface area contributed by atoms with Crippen molar-refractivity contribution in [1.29, 1.82) is 0 Å². The summed E-state index contributed by atoms with van der Waals surface area (Å²) in [5, 5.41) is 7.05. The molecule has 6 heteroatoms. The maximum Gasteiger partial charge on any atom is 0.213 e. The predicted octanol–water partition coefficient (Wildman–Crippen LogP) is 0.812. The van der Waals surface area contributed by atoms with E-state index in [1.165, 1.54) is 6.39 Å². The van der Waals surface area contributed by atoms with Gasteiger partial charge in [0.2, 0.25) is 6.39 Å². The molecule has 0 aliphatic carbocycles. The second-order valence-corrected chi connectivity index (χ2v) is 3.92. The fourth-order valence-corrected chi connectivity index (χ4v) is 1.32. The summed E-state index contributed by atoms with van der Waals surface area (Å²) in [6.07, 6.45) is 5.08. The molecule has 0 radical (unpaired) electrons. The maximum absolute atomic E-state index is 4.67. The smallest absolute Gasteiger partial charge is 0.213 e. The molecule has 2 heterocycles. The molecule has 0 aliphatic heterocycles. The van der Waals surface area contributed by atoms with E-state index in [2.05, 4.69) is 38.8 Å². The third-order valence-corrected chi connectivity index (χ3v) is 2.11. The quantitative estimate of drug-likeness (QED) is 0.809. The van der Waals surface area contributed by atoms with Gasteiger partial charge in [0.15, 0.2) is 5.82 Å². The molecule has 0 aliphatic rings. The van der Waals surface area contributed by atoms with Crippen LogP contribution in [0.5, 0.6) is 0 Å². The lowest BCUT2D eigenvalue weighted by Crippen LogP contribution is -2.21. The van der Waals surface area contributed by atoms with Gasteiger partial charge in [-0.1, -0.05) is 19.0 Å². The van der Waals surface area contributed by atoms with Gasteiger partial charge in [-0.2, -0.15) is 4.98 Å². The lowest BCUT2D eigenvalue weighted by molar-refractivity contribution is 0.408. The molecule has 16 heavy (non-hydrogen) atoms. The third kappa shape index (κ3) is 2.90. The number of aromatic nitrogens is 4. The van der Waals surface area contributed by atoms with Gasteiger partial charge >= 0.3 is 0 Å². The van der Waals surface area contributed by atoms with Crippen LogP contribution in [-0.4, -0.2) is 25.7 Å². The van der Waals surface area contributed by atoms with Crippen molar-refractivity contribution >= 4 is 0 Å². The van der Waals surface area contributed by atoms with Crippen molar-refractivity contribution < 1.29 is 4.52 Å². The Bertz CT molecular complexity index is 420. The van der Waals surface area contributed by atoms with E-state index in [1.807, 2.05) is 10.8 Å². The van der Waals surface area contributed by atoms with Crippen molar-refractivity contribution in [3.8, 4) is 0 Å². The van der Waals surface area contributed by atoms with Crippen LogP contribution in [0.1, 0.15) is 25.4 Å². The zero-order chi connectivity index (χ0) is 11.4. The van der Waals surface area contributed by atoms with Gasteiger partial charge in [0.1, 0.15) is 0 Å². The number of nitrogens with zero attached hydrogens (tertiary/aromatic N) is 4. The zero-order valence-electron chi connectivity index (χ0n) is 9.42. The third-order valence-electron chi connectivity index (χ3n) is 2.11. The van der Waals surface area contributed by atoms with Gasteiger partial charge in [0.05, 0.1) is 18.6 Å². The Morgan fingerprint density at radius 3 is 3.00 bits per heavy atom. The average molecular weight is 221 g/mol. The molecule has 1 N–H and O–H groups in total. The largest absolute Gasteiger partial charge is 0.343 e. The highest BCUT2D eigenvalue weighted by Gasteiger charge is 2.03. The lowest BCUT2D eigenvalue weighted by Gasteiger charge is -2.04. The molecule has 0 atom stereocenters. The fraction of sp³-hybridized carbons (Fsp3) is 0.500. The summed E-state index contributed by atoms with van der Waals surface area (Å²) in [6, 6.07) is 0.461. The van der Waals surface area contributed by atoms with E-state index in [0.29, 0.717) is 18.4 Å². The summed E-state index contributed by atoms with van der Waals surface area (Å²) in [6.45, 7) is 5.58. The standard InChI is InChI=1S/C10H15N5O/c1-8(2)11-3-9-4-15(6-12-9)5-10-13-7-16-14-10/h4,6-8,11H,3,5H2,1-2H3. The first-order valence-corrected chi connectivity index (χ1v) is 5.23. The minimum Gasteiger partial charge on any atom is -0.343 e. The number of imidazole rings is 1. The Labute approximate surface area is 93.7 Å². The van der Waals surface area contributed by atoms with Crippen LogP contribution in [0.3, 0.4) is 0 Å². The van der Waals surface area contributed by atoms with E-state index < -0.39 is 0 Å². The summed E-state index contributed by atoms with van der Waals surface area (Å²) in [7, 11) is 0. The summed E-state index contributed by atoms with van der Waals surface area (Å²) in [4.78, 5) is 8.24. The molecule has 0 fully saturated rings. The van der Waals surface area contributed by atoms with Gasteiger partial charge in [-0.15, -0.1) is 0 Å². The van der Waals surface area contributed by atoms with Crippen molar-refractivity contribution in [2.24, 2.45) is 0 Å². The second kappa shape index (κ2) is 4.89. The molecule has 0 saturated heterocycles. The first-order valence-electron chi connectivity index (χ1n) is 5.23. The highest BCUT2D eigenvalue weighted by molar-refractivity contribution is 4.98. The van der Waals surface area contributed by atoms with Crippen LogP contribution in [0.15, 0.2) is 23.4 Å². The molecular weight excluding hydrogens is 206 g/mol. The minimum atomic E-state index is 0.461. The number of hydrogen-bond acceptors (Lipinski definition) is 5. The first kappa shape index (κ1) is 10.8. The molecule has 86 valence electrons. The van der Waals surface area contributed by atoms with Crippen molar-refractivity contribution in [3.05, 3.63) is 30.4 Å². The Morgan fingerprint density at radius 2 is 2.31 bits per heavy atom. The van der Waals surface area contributed by atoms with E-state index in [-0.39, 0.29) is 0 Å². The van der Waals surface area contributed by atoms with Gasteiger partial charge in [0, 0.05) is 18.8 Å². The van der Waals surface area contributed by atoms with Crippen LogP contribution >= 0.6 is 0 Å². The highest BCUT2D eigenvalue weighted by atomic mass is 16.5. The van der Waals surface area contributed by atoms with Crippen molar-refractivity contribution in [1.82, 2.24) is 25.0 Å². The summed E-state index contributed by atoms with van der Waals surface area (Å²) >= 11 is 0. The van der Waals surface area contributed by atoms with Gasteiger partial charge in [-0.3, -0.25) is 0 Å². The Balaban J connectivity index is 1.92. The van der Waals surface area contributed by atoms with E-state index in [4.69, 9.17) is 0 Å². The molecule has 6 nitrogen and oxygen atoms in total. The van der Waals surface area contributed by atoms with Crippen molar-refractivity contribution in [3.63, 3.8) is 0 Å². The minimum absolute atomic E-state index is 0.461. The van der Waals surface area contributed by atoms with E-state index in [9.17, 15) is 0 Å². The van der Waals surface area contributed by atoms with Gasteiger partial charge in [0.25, 0.3) is 0 Å². The van der Waals surface area contributed by atoms with E-state index in [1.54, 1.807) is 6.33 Å². The topological polar surface area (TPSA) is 68.8 Å². The predicted molar refractivity (Wildman–Crippen MR) is 57.6 cm³/mol. The highest BCUT2D eigenvalue weighted by Crippen LogP contribution is 1.99. The average Bonchev–Trinajstić information content (AvgIpc) is 2.87. The monoisotopic (exact) mass is 221 g/mol. The molecule has 0 saturated carbocycles. The van der Waals surface area contributed by atoms with Gasteiger partial charge in [-0.05, 0) is 0 Å². The second-order valence-electron chi connectivity index (χ2n) is 3.92. The summed E-state index contributed by atoms with van der Waals surface area (Å²) in [5.74, 6) is 0.653. The number of nitrogens with one attached hydrogen (secondary N) is 1. The summed E-state index contributed by atoms with van der Waals surface area (Å²) in [5.41, 5.74) is 1.01. The molecule has 0 aromatic carbocycles. The Kier molecular flexibility index (Phi) is 3.31. The molecule has 0 unspecified atom stereocenters. The molecule has 2 rings (SSSR count). The van der Waals surface area contributed by atoms with Crippen LogP contribution in [-0.2, 0) is 13.1 Å². The van der Waals surface area contributed by atoms with Gasteiger partial charge < -0.3 is 14.4 Å². The van der Waals surface area contributed by atoms with Crippen molar-refractivity contribution in [2.45, 2.75) is 33.0 Å². The van der Waals surface area contributed by atoms with Crippen LogP contribution < -0.4 is 5.32 Å². The lowest BCUT2D eigenvalue weighted by atomic mass is 10.3. The zero-order valence-corrected chi connectivity index (χ0v) is 9.42. The SMILES string of the molecule is CC(C)NCc1cn(Cc2ncon2)cn1. The van der Waals surface area contributed by atoms with Crippen LogP contribution in [0.4, 0.5) is 0 Å². The van der Waals surface area contributed by atoms with Gasteiger partial charge in [-0.25, -0.2) is 4.98 Å². The summed E-state index contributed by atoms with van der Waals surface area (Å²) < 4.78 is 6.60. The van der Waals surface area contributed by atoms with E-state index in [0.717, 1.165) is 12.2 Å². The maximum atomic E-state index is 4.67.